The molecule has 1 heterocycles. The Morgan fingerprint density at radius 2 is 2.11 bits per heavy atom. The van der Waals surface area contributed by atoms with E-state index in [1.54, 1.807) is 17.3 Å². The van der Waals surface area contributed by atoms with Gasteiger partial charge in [0.2, 0.25) is 11.9 Å². The van der Waals surface area contributed by atoms with Crippen LogP contribution in [0.25, 0.3) is 0 Å². The van der Waals surface area contributed by atoms with E-state index in [1.807, 2.05) is 13.8 Å². The Labute approximate surface area is 113 Å². The number of rotatable bonds is 7. The number of primary amides is 1. The normalized spacial score (nSPS) is 14.7. The van der Waals surface area contributed by atoms with Crippen LogP contribution in [-0.2, 0) is 11.3 Å². The molecule has 0 atom stereocenters. The van der Waals surface area contributed by atoms with Crippen molar-refractivity contribution in [2.24, 2.45) is 5.73 Å². The van der Waals surface area contributed by atoms with Crippen LogP contribution in [0.15, 0.2) is 12.4 Å². The fourth-order valence-corrected chi connectivity index (χ4v) is 1.79. The van der Waals surface area contributed by atoms with Gasteiger partial charge in [0.05, 0.1) is 6.54 Å². The molecule has 1 aliphatic rings. The molecule has 1 amide bonds. The van der Waals surface area contributed by atoms with Crippen LogP contribution >= 0.6 is 0 Å². The summed E-state index contributed by atoms with van der Waals surface area (Å²) < 4.78 is 0. The van der Waals surface area contributed by atoms with Crippen LogP contribution in [0.4, 0.5) is 5.95 Å². The second-order valence-corrected chi connectivity index (χ2v) is 5.23. The van der Waals surface area contributed by atoms with Crippen molar-refractivity contribution < 1.29 is 4.79 Å². The summed E-state index contributed by atoms with van der Waals surface area (Å²) in [5.41, 5.74) is 6.29. The van der Waals surface area contributed by atoms with Crippen molar-refractivity contribution >= 4 is 11.9 Å². The molecule has 6 heteroatoms. The summed E-state index contributed by atoms with van der Waals surface area (Å²) in [5.74, 6) is 0.167. The van der Waals surface area contributed by atoms with E-state index >= 15 is 0 Å². The number of nitrogens with zero attached hydrogens (tertiary/aromatic N) is 3. The van der Waals surface area contributed by atoms with Gasteiger partial charge >= 0.3 is 0 Å². The fourth-order valence-electron chi connectivity index (χ4n) is 1.79. The molecule has 1 saturated carbocycles. The lowest BCUT2D eigenvalue weighted by Gasteiger charge is -2.25. The van der Waals surface area contributed by atoms with Gasteiger partial charge in [0.1, 0.15) is 0 Å². The second-order valence-electron chi connectivity index (χ2n) is 5.23. The lowest BCUT2D eigenvalue weighted by Crippen LogP contribution is -2.39. The van der Waals surface area contributed by atoms with Crippen molar-refractivity contribution in [1.82, 2.24) is 15.3 Å². The average molecular weight is 263 g/mol. The third-order valence-corrected chi connectivity index (χ3v) is 3.07. The number of hydrogen-bond donors (Lipinski definition) is 2. The summed E-state index contributed by atoms with van der Waals surface area (Å²) >= 11 is 0. The van der Waals surface area contributed by atoms with E-state index in [0.29, 0.717) is 12.0 Å². The molecular formula is C13H21N5O. The lowest BCUT2D eigenvalue weighted by molar-refractivity contribution is -0.116. The first-order chi connectivity index (χ1) is 9.06. The summed E-state index contributed by atoms with van der Waals surface area (Å²) in [7, 11) is 0. The Hall–Kier alpha value is -1.69. The highest BCUT2D eigenvalue weighted by atomic mass is 16.1. The Bertz CT molecular complexity index is 427. The fraction of sp³-hybridized carbons (Fsp3) is 0.615. The number of amides is 1. The minimum absolute atomic E-state index is 0.128. The van der Waals surface area contributed by atoms with E-state index in [0.717, 1.165) is 12.1 Å². The number of carbonyl (C=O) groups excluding carboxylic acids is 1. The molecule has 0 radical (unpaired) electrons. The molecule has 1 aromatic rings. The average Bonchev–Trinajstić information content (AvgIpc) is 3.18. The van der Waals surface area contributed by atoms with Crippen LogP contribution in [0.3, 0.4) is 0 Å². The zero-order valence-electron chi connectivity index (χ0n) is 11.5. The number of nitrogens with one attached hydrogen (secondary N) is 1. The first-order valence-electron chi connectivity index (χ1n) is 6.65. The third kappa shape index (κ3) is 4.17. The molecule has 1 aromatic heterocycles. The van der Waals surface area contributed by atoms with Crippen molar-refractivity contribution in [3.8, 4) is 0 Å². The van der Waals surface area contributed by atoms with Crippen molar-refractivity contribution in [2.45, 2.75) is 45.3 Å². The second kappa shape index (κ2) is 5.97. The maximum Gasteiger partial charge on any atom is 0.237 e. The van der Waals surface area contributed by atoms with Gasteiger partial charge in [-0.2, -0.15) is 0 Å². The van der Waals surface area contributed by atoms with E-state index in [2.05, 4.69) is 15.3 Å². The molecule has 0 saturated heterocycles. The maximum absolute atomic E-state index is 11.1. The van der Waals surface area contributed by atoms with Crippen molar-refractivity contribution in [3.05, 3.63) is 18.0 Å². The SMILES string of the molecule is CC(C)N(CC(N)=O)c1ncc(CNC2CC2)cn1. The number of anilines is 1. The van der Waals surface area contributed by atoms with Crippen LogP contribution in [0.2, 0.25) is 0 Å². The van der Waals surface area contributed by atoms with Gasteiger partial charge in [-0.25, -0.2) is 9.97 Å². The Balaban J connectivity index is 1.99. The van der Waals surface area contributed by atoms with Crippen molar-refractivity contribution in [2.75, 3.05) is 11.4 Å². The summed E-state index contributed by atoms with van der Waals surface area (Å²) in [5, 5.41) is 3.41. The summed E-state index contributed by atoms with van der Waals surface area (Å²) in [6.45, 7) is 4.89. The van der Waals surface area contributed by atoms with Gasteiger partial charge in [-0.05, 0) is 26.7 Å². The standard InChI is InChI=1S/C13H21N5O/c1-9(2)18(8-12(14)19)13-16-6-10(7-17-13)5-15-11-3-4-11/h6-7,9,11,15H,3-5,8H2,1-2H3,(H2,14,19). The molecule has 6 nitrogen and oxygen atoms in total. The molecule has 1 fully saturated rings. The Kier molecular flexibility index (Phi) is 4.31. The van der Waals surface area contributed by atoms with Crippen LogP contribution in [-0.4, -0.2) is 34.5 Å². The number of aromatic nitrogens is 2. The van der Waals surface area contributed by atoms with Gasteiger partial charge in [-0.3, -0.25) is 4.79 Å². The van der Waals surface area contributed by atoms with Crippen molar-refractivity contribution in [1.29, 1.82) is 0 Å². The number of hydrogen-bond acceptors (Lipinski definition) is 5. The molecule has 3 N–H and O–H groups in total. The van der Waals surface area contributed by atoms with E-state index < -0.39 is 0 Å². The van der Waals surface area contributed by atoms with Gasteiger partial charge < -0.3 is 16.0 Å². The smallest absolute Gasteiger partial charge is 0.237 e. The highest BCUT2D eigenvalue weighted by Gasteiger charge is 2.20. The molecule has 2 rings (SSSR count). The van der Waals surface area contributed by atoms with Crippen LogP contribution < -0.4 is 16.0 Å². The highest BCUT2D eigenvalue weighted by molar-refractivity contribution is 5.78. The van der Waals surface area contributed by atoms with E-state index in [9.17, 15) is 4.79 Å². The largest absolute Gasteiger partial charge is 0.368 e. The van der Waals surface area contributed by atoms with E-state index in [1.165, 1.54) is 12.8 Å². The van der Waals surface area contributed by atoms with Gasteiger partial charge in [-0.15, -0.1) is 0 Å². The summed E-state index contributed by atoms with van der Waals surface area (Å²) in [4.78, 5) is 21.5. The monoisotopic (exact) mass is 263 g/mol. The lowest BCUT2D eigenvalue weighted by atomic mass is 10.3. The van der Waals surface area contributed by atoms with Gasteiger partial charge in [0, 0.05) is 36.6 Å². The first kappa shape index (κ1) is 13.7. The molecule has 1 aliphatic carbocycles. The zero-order valence-corrected chi connectivity index (χ0v) is 11.5. The summed E-state index contributed by atoms with van der Waals surface area (Å²) in [6.07, 6.45) is 6.12. The number of carbonyl (C=O) groups is 1. The third-order valence-electron chi connectivity index (χ3n) is 3.07. The minimum atomic E-state index is -0.378. The predicted octanol–water partition coefficient (Wildman–Crippen LogP) is 0.429. The topological polar surface area (TPSA) is 84.1 Å². The minimum Gasteiger partial charge on any atom is -0.368 e. The maximum atomic E-state index is 11.1. The molecule has 0 aliphatic heterocycles. The molecule has 19 heavy (non-hydrogen) atoms. The number of nitrogens with two attached hydrogens (primary N) is 1. The van der Waals surface area contributed by atoms with Crippen molar-refractivity contribution in [3.63, 3.8) is 0 Å². The Morgan fingerprint density at radius 1 is 1.47 bits per heavy atom. The van der Waals surface area contributed by atoms with Crippen LogP contribution in [0, 0.1) is 0 Å². The summed E-state index contributed by atoms with van der Waals surface area (Å²) in [6, 6.07) is 0.796. The molecule has 0 spiro atoms. The molecular weight excluding hydrogens is 242 g/mol. The van der Waals surface area contributed by atoms with E-state index in [4.69, 9.17) is 5.73 Å². The van der Waals surface area contributed by atoms with Gasteiger partial charge in [-0.1, -0.05) is 0 Å². The molecule has 0 unspecified atom stereocenters. The van der Waals surface area contributed by atoms with Gasteiger partial charge in [0.15, 0.2) is 0 Å². The first-order valence-corrected chi connectivity index (χ1v) is 6.65. The van der Waals surface area contributed by atoms with Crippen LogP contribution in [0.1, 0.15) is 32.3 Å². The predicted molar refractivity (Wildman–Crippen MR) is 73.6 cm³/mol. The molecule has 0 aromatic carbocycles. The Morgan fingerprint density at radius 3 is 2.58 bits per heavy atom. The highest BCUT2D eigenvalue weighted by Crippen LogP contribution is 2.19. The van der Waals surface area contributed by atoms with Gasteiger partial charge in [0.25, 0.3) is 0 Å². The zero-order chi connectivity index (χ0) is 13.8. The van der Waals surface area contributed by atoms with E-state index in [-0.39, 0.29) is 18.5 Å². The van der Waals surface area contributed by atoms with Crippen LogP contribution in [0.5, 0.6) is 0 Å². The quantitative estimate of drug-likeness (QED) is 0.745. The molecule has 0 bridgehead atoms. The molecule has 104 valence electrons.